The monoisotopic (exact) mass is 289 g/mol. The second-order valence-corrected chi connectivity index (χ2v) is 7.40. The van der Waals surface area contributed by atoms with Crippen molar-refractivity contribution in [1.82, 2.24) is 9.62 Å². The number of hydrogen-bond donors (Lipinski definition) is 2. The van der Waals surface area contributed by atoms with Gasteiger partial charge in [0, 0.05) is 17.6 Å². The van der Waals surface area contributed by atoms with Crippen molar-refractivity contribution in [3.05, 3.63) is 11.4 Å². The lowest BCUT2D eigenvalue weighted by Gasteiger charge is -2.14. The Kier molecular flexibility index (Phi) is 4.60. The SMILES string of the molecule is Nc1csc(S(=O)(=O)NCCCN2CCCC2)c1. The summed E-state index contributed by atoms with van der Waals surface area (Å²) in [4.78, 5) is 2.37. The molecule has 0 amide bonds. The van der Waals surface area contributed by atoms with Crippen LogP contribution in [0.3, 0.4) is 0 Å². The number of hydrogen-bond acceptors (Lipinski definition) is 5. The molecule has 102 valence electrons. The van der Waals surface area contributed by atoms with E-state index in [-0.39, 0.29) is 0 Å². The van der Waals surface area contributed by atoms with Gasteiger partial charge in [0.2, 0.25) is 10.0 Å². The van der Waals surface area contributed by atoms with Gasteiger partial charge in [-0.05, 0) is 45.0 Å². The van der Waals surface area contributed by atoms with Gasteiger partial charge >= 0.3 is 0 Å². The average molecular weight is 289 g/mol. The Morgan fingerprint density at radius 3 is 2.72 bits per heavy atom. The van der Waals surface area contributed by atoms with Crippen molar-refractivity contribution in [3.8, 4) is 0 Å². The molecule has 1 aromatic heterocycles. The van der Waals surface area contributed by atoms with E-state index in [9.17, 15) is 8.42 Å². The molecule has 0 bridgehead atoms. The zero-order chi connectivity index (χ0) is 13.0. The van der Waals surface area contributed by atoms with Gasteiger partial charge in [-0.1, -0.05) is 0 Å². The second-order valence-electron chi connectivity index (χ2n) is 4.50. The molecule has 2 heterocycles. The highest BCUT2D eigenvalue weighted by atomic mass is 32.2. The number of thiophene rings is 1. The number of anilines is 1. The summed E-state index contributed by atoms with van der Waals surface area (Å²) in [5, 5.41) is 1.64. The van der Waals surface area contributed by atoms with Gasteiger partial charge in [0.25, 0.3) is 0 Å². The smallest absolute Gasteiger partial charge is 0.250 e. The van der Waals surface area contributed by atoms with Crippen LogP contribution in [0.1, 0.15) is 19.3 Å². The number of sulfonamides is 1. The molecular formula is C11H19N3O2S2. The summed E-state index contributed by atoms with van der Waals surface area (Å²) < 4.78 is 26.6. The van der Waals surface area contributed by atoms with Gasteiger partial charge in [-0.15, -0.1) is 11.3 Å². The first-order valence-electron chi connectivity index (χ1n) is 6.14. The minimum atomic E-state index is -3.37. The highest BCUT2D eigenvalue weighted by Gasteiger charge is 2.16. The van der Waals surface area contributed by atoms with Crippen LogP contribution in [-0.4, -0.2) is 39.5 Å². The minimum absolute atomic E-state index is 0.293. The Labute approximate surface area is 112 Å². The van der Waals surface area contributed by atoms with E-state index in [4.69, 9.17) is 5.73 Å². The zero-order valence-corrected chi connectivity index (χ0v) is 11.9. The van der Waals surface area contributed by atoms with Gasteiger partial charge in [0.1, 0.15) is 4.21 Å². The van der Waals surface area contributed by atoms with E-state index in [0.717, 1.165) is 37.4 Å². The Hall–Kier alpha value is -0.630. The molecule has 2 rings (SSSR count). The zero-order valence-electron chi connectivity index (χ0n) is 10.3. The fourth-order valence-electron chi connectivity index (χ4n) is 2.06. The molecule has 0 unspecified atom stereocenters. The molecule has 3 N–H and O–H groups in total. The van der Waals surface area contributed by atoms with Crippen LogP contribution in [0, 0.1) is 0 Å². The minimum Gasteiger partial charge on any atom is -0.398 e. The Morgan fingerprint density at radius 1 is 1.39 bits per heavy atom. The van der Waals surface area contributed by atoms with E-state index in [2.05, 4.69) is 9.62 Å². The van der Waals surface area contributed by atoms with E-state index in [1.807, 2.05) is 0 Å². The molecule has 0 atom stereocenters. The molecule has 5 nitrogen and oxygen atoms in total. The number of likely N-dealkylation sites (tertiary alicyclic amines) is 1. The van der Waals surface area contributed by atoms with Crippen molar-refractivity contribution in [1.29, 1.82) is 0 Å². The van der Waals surface area contributed by atoms with Gasteiger partial charge in [0.15, 0.2) is 0 Å². The fourth-order valence-corrected chi connectivity index (χ4v) is 4.26. The van der Waals surface area contributed by atoms with Crippen LogP contribution in [0.15, 0.2) is 15.7 Å². The molecule has 7 heteroatoms. The molecule has 0 saturated carbocycles. The number of nitrogen functional groups attached to an aromatic ring is 1. The fraction of sp³-hybridized carbons (Fsp3) is 0.636. The molecule has 1 aliphatic rings. The van der Waals surface area contributed by atoms with Gasteiger partial charge in [-0.2, -0.15) is 0 Å². The maximum Gasteiger partial charge on any atom is 0.250 e. The normalized spacial score (nSPS) is 17.3. The quantitative estimate of drug-likeness (QED) is 0.769. The average Bonchev–Trinajstić information content (AvgIpc) is 2.95. The summed E-state index contributed by atoms with van der Waals surface area (Å²) >= 11 is 1.15. The highest BCUT2D eigenvalue weighted by Crippen LogP contribution is 2.21. The van der Waals surface area contributed by atoms with E-state index in [1.165, 1.54) is 18.9 Å². The van der Waals surface area contributed by atoms with Crippen molar-refractivity contribution in [2.45, 2.75) is 23.5 Å². The maximum atomic E-state index is 11.9. The van der Waals surface area contributed by atoms with Crippen LogP contribution >= 0.6 is 11.3 Å². The highest BCUT2D eigenvalue weighted by molar-refractivity contribution is 7.91. The Bertz CT molecular complexity index is 478. The second kappa shape index (κ2) is 6.01. The third kappa shape index (κ3) is 3.68. The number of rotatable bonds is 6. The van der Waals surface area contributed by atoms with Crippen molar-refractivity contribution in [2.24, 2.45) is 0 Å². The maximum absolute atomic E-state index is 11.9. The molecule has 0 radical (unpaired) electrons. The summed E-state index contributed by atoms with van der Waals surface area (Å²) in [5.74, 6) is 0. The van der Waals surface area contributed by atoms with Crippen molar-refractivity contribution in [2.75, 3.05) is 31.9 Å². The molecule has 1 aromatic rings. The van der Waals surface area contributed by atoms with Crippen LogP contribution in [0.4, 0.5) is 5.69 Å². The molecule has 18 heavy (non-hydrogen) atoms. The van der Waals surface area contributed by atoms with Crippen molar-refractivity contribution >= 4 is 27.0 Å². The first-order chi connectivity index (χ1) is 8.58. The summed E-state index contributed by atoms with van der Waals surface area (Å²) in [6.07, 6.45) is 3.38. The van der Waals surface area contributed by atoms with Crippen LogP contribution in [0.5, 0.6) is 0 Å². The summed E-state index contributed by atoms with van der Waals surface area (Å²) in [6.45, 7) is 3.74. The summed E-state index contributed by atoms with van der Waals surface area (Å²) in [5.41, 5.74) is 6.02. The van der Waals surface area contributed by atoms with Gasteiger partial charge in [0.05, 0.1) is 0 Å². The first kappa shape index (κ1) is 13.8. The Balaban J connectivity index is 1.75. The predicted molar refractivity (Wildman–Crippen MR) is 74.2 cm³/mol. The predicted octanol–water partition coefficient (Wildman–Crippen LogP) is 1.09. The third-order valence-corrected chi connectivity index (χ3v) is 5.92. The van der Waals surface area contributed by atoms with Gasteiger partial charge in [-0.25, -0.2) is 13.1 Å². The molecule has 0 aliphatic carbocycles. The van der Waals surface area contributed by atoms with Crippen LogP contribution in [0.25, 0.3) is 0 Å². The molecular weight excluding hydrogens is 270 g/mol. The van der Waals surface area contributed by atoms with E-state index in [0.29, 0.717) is 16.4 Å². The summed E-state index contributed by atoms with van der Waals surface area (Å²) in [7, 11) is -3.37. The lowest BCUT2D eigenvalue weighted by Crippen LogP contribution is -2.28. The lowest BCUT2D eigenvalue weighted by molar-refractivity contribution is 0.334. The molecule has 1 fully saturated rings. The topological polar surface area (TPSA) is 75.4 Å². The van der Waals surface area contributed by atoms with Crippen LogP contribution < -0.4 is 10.5 Å². The number of nitrogens with one attached hydrogen (secondary N) is 1. The Morgan fingerprint density at radius 2 is 2.11 bits per heavy atom. The summed E-state index contributed by atoms with van der Waals surface area (Å²) in [6, 6.07) is 1.49. The molecule has 1 aliphatic heterocycles. The molecule has 1 saturated heterocycles. The standard InChI is InChI=1S/C11H19N3O2S2/c12-10-8-11(17-9-10)18(15,16)13-4-3-7-14-5-1-2-6-14/h8-9,13H,1-7,12H2. The lowest BCUT2D eigenvalue weighted by atomic mass is 10.4. The van der Waals surface area contributed by atoms with E-state index < -0.39 is 10.0 Å². The largest absolute Gasteiger partial charge is 0.398 e. The van der Waals surface area contributed by atoms with Crippen LogP contribution in [0.2, 0.25) is 0 Å². The van der Waals surface area contributed by atoms with Gasteiger partial charge in [-0.3, -0.25) is 0 Å². The molecule has 0 aromatic carbocycles. The van der Waals surface area contributed by atoms with E-state index in [1.54, 1.807) is 5.38 Å². The van der Waals surface area contributed by atoms with E-state index >= 15 is 0 Å². The number of nitrogens with zero attached hydrogens (tertiary/aromatic N) is 1. The van der Waals surface area contributed by atoms with Crippen LogP contribution in [-0.2, 0) is 10.0 Å². The number of nitrogens with two attached hydrogens (primary N) is 1. The van der Waals surface area contributed by atoms with Crippen molar-refractivity contribution < 1.29 is 8.42 Å². The third-order valence-electron chi connectivity index (χ3n) is 3.00. The van der Waals surface area contributed by atoms with Gasteiger partial charge < -0.3 is 10.6 Å². The van der Waals surface area contributed by atoms with Crippen molar-refractivity contribution in [3.63, 3.8) is 0 Å². The molecule has 0 spiro atoms. The first-order valence-corrected chi connectivity index (χ1v) is 8.50.